The molecule has 0 N–H and O–H groups in total. The maximum absolute atomic E-state index is 6.73. The fraction of sp³-hybridized carbons (Fsp3) is 0. The highest BCUT2D eigenvalue weighted by Gasteiger charge is 2.18. The molecule has 6 aromatic carbocycles. The fourth-order valence-electron chi connectivity index (χ4n) is 6.47. The predicted octanol–water partition coefficient (Wildman–Crippen LogP) is 9.78. The van der Waals surface area contributed by atoms with E-state index in [1.54, 1.807) is 0 Å². The number of nitrogens with zero attached hydrogens (tertiary/aromatic N) is 2. The zero-order valence-electron chi connectivity index (χ0n) is 21.0. The minimum Gasteiger partial charge on any atom is -0.454 e. The summed E-state index contributed by atoms with van der Waals surface area (Å²) in [5.41, 5.74) is 8.68. The van der Waals surface area contributed by atoms with Gasteiger partial charge in [0.15, 0.2) is 5.58 Å². The Balaban J connectivity index is 1.34. The van der Waals surface area contributed by atoms with Gasteiger partial charge in [0, 0.05) is 44.1 Å². The normalized spacial score (nSPS) is 12.1. The van der Waals surface area contributed by atoms with E-state index in [1.165, 1.54) is 43.6 Å². The summed E-state index contributed by atoms with van der Waals surface area (Å²) in [5.74, 6) is 0. The first-order valence-corrected chi connectivity index (χ1v) is 13.3. The first-order valence-electron chi connectivity index (χ1n) is 13.3. The SMILES string of the molecule is c1cc(-n2c3ccccc3c3ccccc32)c2oc3cc(-n4c5ccccc5c5ccccc54)ccc3c2c1. The zero-order valence-corrected chi connectivity index (χ0v) is 21.0. The average Bonchev–Trinajstić information content (AvgIpc) is 3.64. The van der Waals surface area contributed by atoms with Crippen LogP contribution < -0.4 is 0 Å². The third kappa shape index (κ3) is 2.76. The van der Waals surface area contributed by atoms with Crippen LogP contribution in [0.15, 0.2) is 138 Å². The van der Waals surface area contributed by atoms with Gasteiger partial charge in [0.25, 0.3) is 0 Å². The highest BCUT2D eigenvalue weighted by Crippen LogP contribution is 2.39. The molecule has 3 nitrogen and oxygen atoms in total. The highest BCUT2D eigenvalue weighted by atomic mass is 16.3. The summed E-state index contributed by atoms with van der Waals surface area (Å²) < 4.78 is 11.4. The molecule has 0 aliphatic heterocycles. The maximum atomic E-state index is 6.73. The molecule has 0 bridgehead atoms. The van der Waals surface area contributed by atoms with Crippen LogP contribution in [0.3, 0.4) is 0 Å². The predicted molar refractivity (Wildman–Crippen MR) is 162 cm³/mol. The molecule has 0 saturated carbocycles. The standard InChI is InChI=1S/C36H22N2O/c1-5-15-30-24(10-1)25-11-2-6-16-31(25)37(30)23-20-21-28-29-14-9-19-34(36(29)39-35(28)22-23)38-32-17-7-3-12-26(32)27-13-4-8-18-33(27)38/h1-22H. The second kappa shape index (κ2) is 7.62. The lowest BCUT2D eigenvalue weighted by molar-refractivity contribution is 0.666. The Hall–Kier alpha value is -5.28. The highest BCUT2D eigenvalue weighted by molar-refractivity contribution is 6.13. The van der Waals surface area contributed by atoms with E-state index in [4.69, 9.17) is 4.42 Å². The van der Waals surface area contributed by atoms with Crippen LogP contribution in [0.25, 0.3) is 76.9 Å². The van der Waals surface area contributed by atoms with Crippen molar-refractivity contribution in [1.82, 2.24) is 9.13 Å². The average molecular weight is 499 g/mol. The van der Waals surface area contributed by atoms with Crippen LogP contribution in [0.5, 0.6) is 0 Å². The molecule has 0 atom stereocenters. The molecule has 0 amide bonds. The van der Waals surface area contributed by atoms with Crippen LogP contribution in [0.4, 0.5) is 0 Å². The zero-order chi connectivity index (χ0) is 25.5. The molecule has 0 radical (unpaired) electrons. The van der Waals surface area contributed by atoms with E-state index in [0.717, 1.165) is 33.3 Å². The summed E-state index contributed by atoms with van der Waals surface area (Å²) in [6, 6.07) is 47.5. The van der Waals surface area contributed by atoms with E-state index < -0.39 is 0 Å². The molecule has 0 fully saturated rings. The van der Waals surface area contributed by atoms with Crippen molar-refractivity contribution in [3.8, 4) is 11.4 Å². The van der Waals surface area contributed by atoms with Gasteiger partial charge < -0.3 is 13.6 Å². The number of aromatic nitrogens is 2. The molecule has 3 aromatic heterocycles. The largest absolute Gasteiger partial charge is 0.454 e. The molecule has 3 heterocycles. The monoisotopic (exact) mass is 498 g/mol. The van der Waals surface area contributed by atoms with Crippen molar-refractivity contribution >= 4 is 65.6 Å². The lowest BCUT2D eigenvalue weighted by Gasteiger charge is -2.08. The van der Waals surface area contributed by atoms with Gasteiger partial charge in [-0.25, -0.2) is 0 Å². The van der Waals surface area contributed by atoms with Crippen LogP contribution in [-0.2, 0) is 0 Å². The Kier molecular flexibility index (Phi) is 4.05. The number of hydrogen-bond acceptors (Lipinski definition) is 1. The summed E-state index contributed by atoms with van der Waals surface area (Å²) in [6.07, 6.45) is 0. The topological polar surface area (TPSA) is 23.0 Å². The Bertz CT molecular complexity index is 2290. The van der Waals surface area contributed by atoms with Crippen LogP contribution >= 0.6 is 0 Å². The molecule has 3 heteroatoms. The molecular formula is C36H22N2O. The molecular weight excluding hydrogens is 476 g/mol. The van der Waals surface area contributed by atoms with Crippen LogP contribution in [0.1, 0.15) is 0 Å². The lowest BCUT2D eigenvalue weighted by Crippen LogP contribution is -1.93. The van der Waals surface area contributed by atoms with Gasteiger partial charge in [-0.05, 0) is 42.5 Å². The van der Waals surface area contributed by atoms with Crippen LogP contribution in [0.2, 0.25) is 0 Å². The minimum absolute atomic E-state index is 0.887. The van der Waals surface area contributed by atoms with Crippen LogP contribution in [-0.4, -0.2) is 9.13 Å². The fourth-order valence-corrected chi connectivity index (χ4v) is 6.47. The van der Waals surface area contributed by atoms with Gasteiger partial charge >= 0.3 is 0 Å². The third-order valence-electron chi connectivity index (χ3n) is 8.12. The molecule has 182 valence electrons. The Morgan fingerprint density at radius 3 is 1.44 bits per heavy atom. The summed E-state index contributed by atoms with van der Waals surface area (Å²) in [7, 11) is 0. The van der Waals surface area contributed by atoms with Gasteiger partial charge in [-0.2, -0.15) is 0 Å². The second-order valence-electron chi connectivity index (χ2n) is 10.2. The molecule has 0 aliphatic rings. The number of hydrogen-bond donors (Lipinski definition) is 0. The van der Waals surface area contributed by atoms with E-state index in [1.807, 2.05) is 0 Å². The molecule has 0 saturated heterocycles. The van der Waals surface area contributed by atoms with Crippen molar-refractivity contribution in [2.75, 3.05) is 0 Å². The Labute approximate surface area is 223 Å². The lowest BCUT2D eigenvalue weighted by atomic mass is 10.1. The van der Waals surface area contributed by atoms with E-state index in [0.29, 0.717) is 0 Å². The summed E-state index contributed by atoms with van der Waals surface area (Å²) in [5, 5.41) is 7.25. The number of fused-ring (bicyclic) bond motifs is 9. The maximum Gasteiger partial charge on any atom is 0.159 e. The molecule has 9 rings (SSSR count). The van der Waals surface area contributed by atoms with Gasteiger partial charge in [0.1, 0.15) is 5.58 Å². The summed E-state index contributed by atoms with van der Waals surface area (Å²) in [6.45, 7) is 0. The number of para-hydroxylation sites is 5. The van der Waals surface area contributed by atoms with Crippen molar-refractivity contribution < 1.29 is 4.42 Å². The van der Waals surface area contributed by atoms with E-state index in [9.17, 15) is 0 Å². The summed E-state index contributed by atoms with van der Waals surface area (Å²) >= 11 is 0. The van der Waals surface area contributed by atoms with Crippen molar-refractivity contribution in [2.24, 2.45) is 0 Å². The van der Waals surface area contributed by atoms with Gasteiger partial charge in [0.2, 0.25) is 0 Å². The second-order valence-corrected chi connectivity index (χ2v) is 10.2. The molecule has 0 unspecified atom stereocenters. The van der Waals surface area contributed by atoms with Crippen molar-refractivity contribution in [3.63, 3.8) is 0 Å². The minimum atomic E-state index is 0.887. The van der Waals surface area contributed by atoms with Crippen molar-refractivity contribution in [2.45, 2.75) is 0 Å². The van der Waals surface area contributed by atoms with Crippen molar-refractivity contribution in [1.29, 1.82) is 0 Å². The Morgan fingerprint density at radius 1 is 0.385 bits per heavy atom. The molecule has 0 spiro atoms. The molecule has 9 aromatic rings. The van der Waals surface area contributed by atoms with E-state index in [2.05, 4.69) is 143 Å². The molecule has 39 heavy (non-hydrogen) atoms. The van der Waals surface area contributed by atoms with Gasteiger partial charge in [-0.15, -0.1) is 0 Å². The smallest absolute Gasteiger partial charge is 0.159 e. The van der Waals surface area contributed by atoms with Crippen LogP contribution in [0, 0.1) is 0 Å². The van der Waals surface area contributed by atoms with E-state index >= 15 is 0 Å². The first-order chi connectivity index (χ1) is 19.4. The van der Waals surface area contributed by atoms with E-state index in [-0.39, 0.29) is 0 Å². The van der Waals surface area contributed by atoms with Gasteiger partial charge in [0.05, 0.1) is 27.8 Å². The quantitative estimate of drug-likeness (QED) is 0.233. The summed E-state index contributed by atoms with van der Waals surface area (Å²) in [4.78, 5) is 0. The number of rotatable bonds is 2. The number of benzene rings is 6. The van der Waals surface area contributed by atoms with Gasteiger partial charge in [-0.3, -0.25) is 0 Å². The van der Waals surface area contributed by atoms with Crippen molar-refractivity contribution in [3.05, 3.63) is 133 Å². The molecule has 0 aliphatic carbocycles. The van der Waals surface area contributed by atoms with Gasteiger partial charge in [-0.1, -0.05) is 84.9 Å². The number of furan rings is 1. The first kappa shape index (κ1) is 20.7. The Morgan fingerprint density at radius 2 is 0.872 bits per heavy atom. The third-order valence-corrected chi connectivity index (χ3v) is 8.12.